The van der Waals surface area contributed by atoms with Crippen LogP contribution >= 0.6 is 8.93 Å². The fourth-order valence-corrected chi connectivity index (χ4v) is 2.59. The molecule has 20 heavy (non-hydrogen) atoms. The van der Waals surface area contributed by atoms with Crippen molar-refractivity contribution < 1.29 is 45.2 Å². The molecule has 0 aromatic carbocycles. The van der Waals surface area contributed by atoms with Crippen molar-refractivity contribution in [2.45, 2.75) is 52.4 Å². The average molecular weight is 420 g/mol. The second-order valence-corrected chi connectivity index (χ2v) is 6.72. The van der Waals surface area contributed by atoms with Crippen LogP contribution in [0.15, 0.2) is 0 Å². The maximum atomic E-state index is 12.0. The Bertz CT molecular complexity index is 381. The molecule has 6 nitrogen and oxygen atoms in total. The van der Waals surface area contributed by atoms with E-state index in [4.69, 9.17) is 5.33 Å². The van der Waals surface area contributed by atoms with Gasteiger partial charge < -0.3 is 0 Å². The standard InChI is InChI=1S/C12H21INO5S/c1-6(2)5-9(14-10(16)7(3)15)11(17)19-8(4)12(18)20-13/h6-9,13,15H,5H2,1-4H3,(H,14,16)/q-1/t7-,8-,9-/m0/s1/i13T. The molecule has 0 saturated carbocycles. The summed E-state index contributed by atoms with van der Waals surface area (Å²) in [6.07, 6.45) is -1.84. The van der Waals surface area contributed by atoms with Gasteiger partial charge in [0, 0.05) is 0 Å². The zero-order chi connectivity index (χ0) is 16.6. The second-order valence-electron chi connectivity index (χ2n) is 4.84. The number of carbonyl (C=O) groups excluding carboxylic acids is 3. The summed E-state index contributed by atoms with van der Waals surface area (Å²) in [6, 6.07) is -0.905. The molecule has 0 fully saturated rings. The first-order valence-corrected chi connectivity index (χ1v) is 9.56. The van der Waals surface area contributed by atoms with E-state index in [2.05, 4.69) is 5.32 Å². The molecule has 0 rings (SSSR count). The van der Waals surface area contributed by atoms with Gasteiger partial charge in [-0.1, -0.05) is 0 Å². The molecule has 2 N–H and O–H groups in total. The zero-order valence-corrected chi connectivity index (χ0v) is 14.9. The van der Waals surface area contributed by atoms with E-state index >= 15 is 0 Å². The molecule has 0 spiro atoms. The molecule has 0 aliphatic carbocycles. The first-order chi connectivity index (χ1) is 9.68. The van der Waals surface area contributed by atoms with Crippen LogP contribution in [-0.4, -0.2) is 40.9 Å². The van der Waals surface area contributed by atoms with Crippen molar-refractivity contribution in [3.05, 3.63) is 0 Å². The van der Waals surface area contributed by atoms with Crippen molar-refractivity contribution in [1.29, 1.82) is 0.594 Å². The Kier molecular flexibility index (Phi) is 8.46. The first kappa shape index (κ1) is 17.7. The fourth-order valence-electron chi connectivity index (χ4n) is 1.35. The van der Waals surface area contributed by atoms with Crippen LogP contribution in [0.1, 0.15) is 34.1 Å². The number of halogens is 1. The number of amides is 1. The van der Waals surface area contributed by atoms with Crippen LogP contribution in [0.4, 0.5) is 0 Å². The Morgan fingerprint density at radius 1 is 1.35 bits per heavy atom. The van der Waals surface area contributed by atoms with Crippen molar-refractivity contribution >= 4 is 25.9 Å². The number of rotatable bonds is 8. The third-order valence-corrected chi connectivity index (χ3v) is 4.17. The normalized spacial score (nSPS) is 16.2. The number of ether oxygens (including phenoxy) is 1. The number of hydrogen-bond donors (Lipinski definition) is 2. The number of aliphatic hydroxyl groups excluding tert-OH is 1. The van der Waals surface area contributed by atoms with Gasteiger partial charge in [-0.25, -0.2) is 0 Å². The number of nitrogens with one attached hydrogen (secondary N) is 1. The predicted octanol–water partition coefficient (Wildman–Crippen LogP) is -2.71. The molecule has 0 radical (unpaired) electrons. The van der Waals surface area contributed by atoms with Gasteiger partial charge in [-0.05, 0) is 0 Å². The molecule has 0 unspecified atom stereocenters. The van der Waals surface area contributed by atoms with Crippen LogP contribution in [-0.2, 0) is 19.1 Å². The average Bonchev–Trinajstić information content (AvgIpc) is 2.37. The molecule has 0 aromatic rings. The van der Waals surface area contributed by atoms with E-state index in [0.29, 0.717) is 6.42 Å². The first-order valence-electron chi connectivity index (χ1n) is 6.58. The molecule has 118 valence electrons. The van der Waals surface area contributed by atoms with Crippen LogP contribution in [0.2, 0.25) is 0 Å². The number of aliphatic hydroxyl groups is 1. The van der Waals surface area contributed by atoms with Gasteiger partial charge >= 0.3 is 135 Å². The summed E-state index contributed by atoms with van der Waals surface area (Å²) < 4.78 is 12.1. The third-order valence-electron chi connectivity index (χ3n) is 2.39. The van der Waals surface area contributed by atoms with Crippen molar-refractivity contribution in [2.24, 2.45) is 5.92 Å². The summed E-state index contributed by atoms with van der Waals surface area (Å²) in [7, 11) is 0.859. The Morgan fingerprint density at radius 3 is 2.40 bits per heavy atom. The van der Waals surface area contributed by atoms with Gasteiger partial charge in [0.25, 0.3) is 0 Å². The molecule has 0 bridgehead atoms. The van der Waals surface area contributed by atoms with E-state index in [1.54, 1.807) is 0 Å². The topological polar surface area (TPSA) is 92.7 Å². The van der Waals surface area contributed by atoms with Crippen molar-refractivity contribution in [1.82, 2.24) is 5.32 Å². The van der Waals surface area contributed by atoms with E-state index in [-0.39, 0.29) is 11.0 Å². The molecule has 0 aliphatic heterocycles. The van der Waals surface area contributed by atoms with E-state index in [0.717, 1.165) is 8.93 Å². The van der Waals surface area contributed by atoms with Crippen LogP contribution in [0.3, 0.4) is 0 Å². The van der Waals surface area contributed by atoms with Crippen LogP contribution in [0, 0.1) is 5.92 Å². The molecule has 1 amide bonds. The molecule has 0 aromatic heterocycles. The van der Waals surface area contributed by atoms with Crippen LogP contribution in [0.5, 0.6) is 0 Å². The summed E-state index contributed by atoms with van der Waals surface area (Å²) in [5.41, 5.74) is 0. The van der Waals surface area contributed by atoms with E-state index in [9.17, 15) is 19.5 Å². The molecule has 0 saturated heterocycles. The number of esters is 1. The Labute approximate surface area is 135 Å². The van der Waals surface area contributed by atoms with E-state index in [1.807, 2.05) is 13.8 Å². The third kappa shape index (κ3) is 7.44. The van der Waals surface area contributed by atoms with Gasteiger partial charge in [0.2, 0.25) is 0 Å². The molecule has 8 heteroatoms. The number of hydrogen-bond acceptors (Lipinski definition) is 6. The fraction of sp³-hybridized carbons (Fsp3) is 0.750. The SMILES string of the molecule is [3H][I-]SC(=O)[C@H](C)OC(=O)[C@H](CC(C)C)NC(=O)[C@H](C)O. The van der Waals surface area contributed by atoms with Crippen LogP contribution in [0.25, 0.3) is 0 Å². The summed E-state index contributed by atoms with van der Waals surface area (Å²) in [5, 5.41) is 11.2. The summed E-state index contributed by atoms with van der Waals surface area (Å²) in [5.74, 6) is -1.25. The summed E-state index contributed by atoms with van der Waals surface area (Å²) in [4.78, 5) is 35.1. The monoisotopic (exact) mass is 420 g/mol. The quantitative estimate of drug-likeness (QED) is 0.328. The predicted molar refractivity (Wildman–Crippen MR) is 72.6 cm³/mol. The van der Waals surface area contributed by atoms with E-state index < -0.39 is 51.1 Å². The maximum absolute atomic E-state index is 12.0. The second kappa shape index (κ2) is 9.56. The van der Waals surface area contributed by atoms with Crippen molar-refractivity contribution in [3.63, 3.8) is 0 Å². The summed E-state index contributed by atoms with van der Waals surface area (Å²) in [6.45, 7) is 6.50. The van der Waals surface area contributed by atoms with Crippen molar-refractivity contribution in [2.75, 3.05) is 0 Å². The molecular formula is C12H21INO5S-. The van der Waals surface area contributed by atoms with Gasteiger partial charge in [-0.15, -0.1) is 0 Å². The molecular weight excluding hydrogens is 397 g/mol. The Balaban J connectivity index is 4.71. The molecule has 0 heterocycles. The van der Waals surface area contributed by atoms with Gasteiger partial charge in [0.05, 0.1) is 0 Å². The van der Waals surface area contributed by atoms with Gasteiger partial charge in [-0.3, -0.25) is 0 Å². The Hall–Kier alpha value is -0.350. The summed E-state index contributed by atoms with van der Waals surface area (Å²) >= 11 is -1.02. The minimum atomic E-state index is -1.23. The van der Waals surface area contributed by atoms with Gasteiger partial charge in [0.1, 0.15) is 0 Å². The van der Waals surface area contributed by atoms with E-state index in [1.165, 1.54) is 13.8 Å². The number of carbonyl (C=O) groups is 3. The van der Waals surface area contributed by atoms with Gasteiger partial charge in [0.15, 0.2) is 0 Å². The van der Waals surface area contributed by atoms with Gasteiger partial charge in [-0.2, -0.15) is 0 Å². The van der Waals surface area contributed by atoms with Crippen LogP contribution < -0.4 is 26.3 Å². The molecule has 0 aliphatic rings. The zero-order valence-electron chi connectivity index (χ0n) is 12.9. The molecule has 3 atom stereocenters. The Morgan fingerprint density at radius 2 is 1.95 bits per heavy atom. The minimum absolute atomic E-state index is 0.122. The van der Waals surface area contributed by atoms with Crippen molar-refractivity contribution in [3.8, 4) is 0 Å².